The van der Waals surface area contributed by atoms with E-state index in [1.165, 1.54) is 0 Å². The number of rotatable bonds is 6. The lowest BCUT2D eigenvalue weighted by Gasteiger charge is -2.09. The summed E-state index contributed by atoms with van der Waals surface area (Å²) >= 11 is 5.90. The Morgan fingerprint density at radius 3 is 2.53 bits per heavy atom. The second kappa shape index (κ2) is 6.35. The van der Waals surface area contributed by atoms with Gasteiger partial charge in [-0.25, -0.2) is 8.42 Å². The number of aliphatic hydroxyl groups is 2. The average Bonchev–Trinajstić information content (AvgIpc) is 2.27. The highest BCUT2D eigenvalue weighted by Gasteiger charge is 2.17. The molecule has 4 nitrogen and oxygen atoms in total. The number of sulfone groups is 1. The maximum absolute atomic E-state index is 11.6. The molecule has 0 aliphatic rings. The number of benzene rings is 1. The van der Waals surface area contributed by atoms with Gasteiger partial charge in [-0.05, 0) is 18.1 Å². The average molecular weight is 279 g/mol. The monoisotopic (exact) mass is 278 g/mol. The van der Waals surface area contributed by atoms with Crippen LogP contribution in [-0.4, -0.2) is 42.8 Å². The molecule has 0 heterocycles. The first-order valence-corrected chi connectivity index (χ1v) is 7.37. The first-order chi connectivity index (χ1) is 7.94. The lowest BCUT2D eigenvalue weighted by molar-refractivity contribution is 0.112. The molecule has 0 aromatic heterocycles. The molecule has 96 valence electrons. The quantitative estimate of drug-likeness (QED) is 0.801. The Labute approximate surface area is 106 Å². The van der Waals surface area contributed by atoms with Gasteiger partial charge in [0.1, 0.15) is 0 Å². The van der Waals surface area contributed by atoms with Crippen LogP contribution < -0.4 is 0 Å². The van der Waals surface area contributed by atoms with Crippen LogP contribution in [0.3, 0.4) is 0 Å². The largest absolute Gasteiger partial charge is 0.394 e. The Bertz CT molecular complexity index is 458. The second-order valence-corrected chi connectivity index (χ2v) is 6.43. The fraction of sp³-hybridized carbons (Fsp3) is 0.455. The zero-order valence-electron chi connectivity index (χ0n) is 9.21. The first-order valence-electron chi connectivity index (χ1n) is 5.17. The molecule has 1 aromatic rings. The third-order valence-electron chi connectivity index (χ3n) is 2.30. The summed E-state index contributed by atoms with van der Waals surface area (Å²) in [7, 11) is -3.38. The first kappa shape index (κ1) is 14.4. The fourth-order valence-corrected chi connectivity index (χ4v) is 3.02. The van der Waals surface area contributed by atoms with Crippen LogP contribution in [0.2, 0.25) is 5.02 Å². The summed E-state index contributed by atoms with van der Waals surface area (Å²) in [6.07, 6.45) is -0.911. The van der Waals surface area contributed by atoms with Gasteiger partial charge in [0.15, 0.2) is 9.84 Å². The standard InChI is InChI=1S/C11H15ClO4S/c12-11-4-2-1-3-9(11)5-6-17(15,16)8-10(14)7-13/h1-4,10,13-14H,5-8H2/t10-/m1/s1. The van der Waals surface area contributed by atoms with Gasteiger partial charge in [-0.3, -0.25) is 0 Å². The van der Waals surface area contributed by atoms with Gasteiger partial charge in [-0.15, -0.1) is 0 Å². The Balaban J connectivity index is 2.59. The molecular formula is C11H15ClO4S. The van der Waals surface area contributed by atoms with Gasteiger partial charge in [-0.1, -0.05) is 29.8 Å². The van der Waals surface area contributed by atoms with Crippen molar-refractivity contribution >= 4 is 21.4 Å². The summed E-state index contributed by atoms with van der Waals surface area (Å²) in [4.78, 5) is 0. The minimum absolute atomic E-state index is 0.0895. The minimum Gasteiger partial charge on any atom is -0.394 e. The molecule has 0 fully saturated rings. The minimum atomic E-state index is -3.38. The molecule has 0 radical (unpaired) electrons. The molecule has 1 aromatic carbocycles. The number of hydrogen-bond donors (Lipinski definition) is 2. The molecule has 0 saturated heterocycles. The van der Waals surface area contributed by atoms with Gasteiger partial charge in [-0.2, -0.15) is 0 Å². The number of halogens is 1. The zero-order valence-corrected chi connectivity index (χ0v) is 10.8. The lowest BCUT2D eigenvalue weighted by Crippen LogP contribution is -2.26. The Hall–Kier alpha value is -0.620. The molecule has 17 heavy (non-hydrogen) atoms. The SMILES string of the molecule is O=S(=O)(CCc1ccccc1Cl)C[C@H](O)CO. The van der Waals surface area contributed by atoms with Crippen LogP contribution in [0.4, 0.5) is 0 Å². The van der Waals surface area contributed by atoms with Crippen LogP contribution in [0.5, 0.6) is 0 Å². The summed E-state index contributed by atoms with van der Waals surface area (Å²) in [6, 6.07) is 7.03. The van der Waals surface area contributed by atoms with Gasteiger partial charge in [0.05, 0.1) is 24.2 Å². The highest BCUT2D eigenvalue weighted by molar-refractivity contribution is 7.91. The van der Waals surface area contributed by atoms with Gasteiger partial charge >= 0.3 is 0 Å². The molecule has 0 spiro atoms. The molecule has 1 rings (SSSR count). The highest BCUT2D eigenvalue weighted by Crippen LogP contribution is 2.16. The highest BCUT2D eigenvalue weighted by atomic mass is 35.5. The van der Waals surface area contributed by atoms with Gasteiger partial charge in [0, 0.05) is 5.02 Å². The molecule has 0 bridgehead atoms. The van der Waals surface area contributed by atoms with E-state index in [-0.39, 0.29) is 5.75 Å². The molecule has 0 aliphatic carbocycles. The lowest BCUT2D eigenvalue weighted by atomic mass is 10.2. The Morgan fingerprint density at radius 1 is 1.29 bits per heavy atom. The third kappa shape index (κ3) is 5.04. The van der Waals surface area contributed by atoms with E-state index >= 15 is 0 Å². The van der Waals surface area contributed by atoms with Gasteiger partial charge < -0.3 is 10.2 Å². The fourth-order valence-electron chi connectivity index (χ4n) is 1.40. The van der Waals surface area contributed by atoms with E-state index in [2.05, 4.69) is 0 Å². The molecule has 0 aliphatic heterocycles. The normalized spacial score (nSPS) is 13.6. The number of hydrogen-bond acceptors (Lipinski definition) is 4. The molecule has 0 amide bonds. The van der Waals surface area contributed by atoms with E-state index in [9.17, 15) is 8.42 Å². The van der Waals surface area contributed by atoms with Crippen molar-refractivity contribution in [1.29, 1.82) is 0 Å². The smallest absolute Gasteiger partial charge is 0.153 e. The zero-order chi connectivity index (χ0) is 12.9. The maximum atomic E-state index is 11.6. The molecule has 2 N–H and O–H groups in total. The van der Waals surface area contributed by atoms with Crippen LogP contribution in [0.25, 0.3) is 0 Å². The van der Waals surface area contributed by atoms with Gasteiger partial charge in [0.25, 0.3) is 0 Å². The molecule has 6 heteroatoms. The van der Waals surface area contributed by atoms with E-state index in [0.717, 1.165) is 5.56 Å². The summed E-state index contributed by atoms with van der Waals surface area (Å²) in [5.41, 5.74) is 0.760. The van der Waals surface area contributed by atoms with Crippen molar-refractivity contribution in [2.24, 2.45) is 0 Å². The van der Waals surface area contributed by atoms with Crippen LogP contribution in [0.1, 0.15) is 5.56 Å². The van der Waals surface area contributed by atoms with E-state index < -0.39 is 28.3 Å². The van der Waals surface area contributed by atoms with Crippen molar-refractivity contribution < 1.29 is 18.6 Å². The van der Waals surface area contributed by atoms with E-state index in [1.54, 1.807) is 24.3 Å². The van der Waals surface area contributed by atoms with Crippen LogP contribution in [0.15, 0.2) is 24.3 Å². The predicted molar refractivity (Wildman–Crippen MR) is 66.9 cm³/mol. The predicted octanol–water partition coefficient (Wildman–Crippen LogP) is 0.651. The summed E-state index contributed by atoms with van der Waals surface area (Å²) in [6.45, 7) is -0.550. The molecule has 0 saturated carbocycles. The number of aryl methyl sites for hydroxylation is 1. The number of aliphatic hydroxyl groups excluding tert-OH is 2. The summed E-state index contributed by atoms with van der Waals surface area (Å²) in [5, 5.41) is 18.2. The van der Waals surface area contributed by atoms with E-state index in [4.69, 9.17) is 21.8 Å². The summed E-state index contributed by atoms with van der Waals surface area (Å²) in [5.74, 6) is -0.512. The summed E-state index contributed by atoms with van der Waals surface area (Å²) < 4.78 is 23.1. The van der Waals surface area contributed by atoms with E-state index in [1.807, 2.05) is 0 Å². The molecule has 1 atom stereocenters. The van der Waals surface area contributed by atoms with Crippen molar-refractivity contribution in [1.82, 2.24) is 0 Å². The van der Waals surface area contributed by atoms with Crippen LogP contribution >= 0.6 is 11.6 Å². The Morgan fingerprint density at radius 2 is 1.94 bits per heavy atom. The van der Waals surface area contributed by atoms with Crippen LogP contribution in [-0.2, 0) is 16.3 Å². The topological polar surface area (TPSA) is 74.6 Å². The van der Waals surface area contributed by atoms with E-state index in [0.29, 0.717) is 11.4 Å². The second-order valence-electron chi connectivity index (χ2n) is 3.79. The molecular weight excluding hydrogens is 264 g/mol. The van der Waals surface area contributed by atoms with Crippen molar-refractivity contribution in [2.45, 2.75) is 12.5 Å². The van der Waals surface area contributed by atoms with Crippen molar-refractivity contribution in [3.63, 3.8) is 0 Å². The van der Waals surface area contributed by atoms with Crippen LogP contribution in [0, 0.1) is 0 Å². The van der Waals surface area contributed by atoms with Crippen molar-refractivity contribution in [3.05, 3.63) is 34.9 Å². The third-order valence-corrected chi connectivity index (χ3v) is 4.38. The van der Waals surface area contributed by atoms with Crippen molar-refractivity contribution in [3.8, 4) is 0 Å². The van der Waals surface area contributed by atoms with Gasteiger partial charge in [0.2, 0.25) is 0 Å². The molecule has 0 unspecified atom stereocenters. The Kier molecular flexibility index (Phi) is 5.39. The maximum Gasteiger partial charge on any atom is 0.153 e. The van der Waals surface area contributed by atoms with Crippen molar-refractivity contribution in [2.75, 3.05) is 18.1 Å².